The van der Waals surface area contributed by atoms with Crippen LogP contribution in [0.5, 0.6) is 0 Å². The molecule has 1 aromatic heterocycles. The largest absolute Gasteiger partial charge is 0.185 e. The zero-order valence-corrected chi connectivity index (χ0v) is 5.98. The van der Waals surface area contributed by atoms with Gasteiger partial charge in [0.25, 0.3) is 0 Å². The van der Waals surface area contributed by atoms with Crippen LogP contribution in [-0.4, -0.2) is 15.4 Å². The minimum absolute atomic E-state index is 1.56. The number of hydrogen-bond acceptors (Lipinski definition) is 4. The van der Waals surface area contributed by atoms with Crippen LogP contribution in [0.15, 0.2) is 18.5 Å². The van der Waals surface area contributed by atoms with E-state index in [4.69, 9.17) is 5.26 Å². The second kappa shape index (κ2) is 6.98. The van der Waals surface area contributed by atoms with Gasteiger partial charge in [0.1, 0.15) is 4.98 Å². The normalized spacial score (nSPS) is 6.22. The Hall–Kier alpha value is -1.02. The molecule has 9 heavy (non-hydrogen) atoms. The fourth-order valence-corrected chi connectivity index (χ4v) is 0.205. The molecule has 0 amide bonds. The van der Waals surface area contributed by atoms with Gasteiger partial charge in [-0.05, 0) is 11.3 Å². The molecule has 1 aromatic rings. The summed E-state index contributed by atoms with van der Waals surface area (Å²) in [5.74, 6) is 0. The van der Waals surface area contributed by atoms with E-state index in [0.29, 0.717) is 0 Å². The van der Waals surface area contributed by atoms with Gasteiger partial charge in [-0.3, -0.25) is 0 Å². The molecule has 0 aliphatic carbocycles. The van der Waals surface area contributed by atoms with Crippen molar-refractivity contribution in [2.24, 2.45) is 0 Å². The minimum Gasteiger partial charge on any atom is -0.185 e. The van der Waals surface area contributed by atoms with E-state index in [9.17, 15) is 0 Å². The molecule has 0 N–H and O–H groups in total. The van der Waals surface area contributed by atoms with Crippen LogP contribution in [0.2, 0.25) is 0 Å². The molecule has 4 nitrogen and oxygen atoms in total. The summed E-state index contributed by atoms with van der Waals surface area (Å²) in [6.45, 7) is 0. The fraction of sp³-hybridized carbons (Fsp3) is 0. The van der Waals surface area contributed by atoms with Crippen LogP contribution in [0.1, 0.15) is 0 Å². The fourth-order valence-electron chi connectivity index (χ4n) is 0.205. The number of aromatic nitrogens is 3. The zero-order valence-electron chi connectivity index (χ0n) is 4.40. The molecule has 0 aliphatic rings. The Kier molecular flexibility index (Phi) is 6.19. The molecule has 46 valence electrons. The third kappa shape index (κ3) is 6.98. The number of rotatable bonds is 0. The van der Waals surface area contributed by atoms with Crippen molar-refractivity contribution < 1.29 is 0 Å². The number of halogens is 1. The zero-order chi connectivity index (χ0) is 6.95. The van der Waals surface area contributed by atoms with Crippen LogP contribution in [0.4, 0.5) is 0 Å². The second-order valence-electron chi connectivity index (χ2n) is 0.895. The van der Waals surface area contributed by atoms with Gasteiger partial charge < -0.3 is 0 Å². The molecule has 1 rings (SSSR count). The lowest BCUT2D eigenvalue weighted by Crippen LogP contribution is -1.78. The van der Waals surface area contributed by atoms with Crippen molar-refractivity contribution in [3.05, 3.63) is 18.5 Å². The summed E-state index contributed by atoms with van der Waals surface area (Å²) < 4.78 is 0. The van der Waals surface area contributed by atoms with Crippen LogP contribution in [0, 0.1) is 10.2 Å². The highest BCUT2D eigenvalue weighted by Crippen LogP contribution is 1.61. The standard InChI is InChI=1S/C3H3N3.CBrN/c1-2-4-6-5-3-1;2-1-3/h1-3H;. The third-order valence-corrected chi connectivity index (χ3v) is 0.409. The lowest BCUT2D eigenvalue weighted by atomic mass is 10.7. The van der Waals surface area contributed by atoms with E-state index < -0.39 is 0 Å². The van der Waals surface area contributed by atoms with Gasteiger partial charge in [0.15, 0.2) is 0 Å². The van der Waals surface area contributed by atoms with Crippen molar-refractivity contribution in [3.8, 4) is 4.98 Å². The van der Waals surface area contributed by atoms with E-state index in [-0.39, 0.29) is 0 Å². The number of hydrogen-bond donors (Lipinski definition) is 0. The van der Waals surface area contributed by atoms with Gasteiger partial charge in [-0.2, -0.15) is 5.26 Å². The predicted molar refractivity (Wildman–Crippen MR) is 34.4 cm³/mol. The van der Waals surface area contributed by atoms with E-state index in [1.165, 1.54) is 0 Å². The van der Waals surface area contributed by atoms with Crippen LogP contribution in [-0.2, 0) is 0 Å². The van der Waals surface area contributed by atoms with Gasteiger partial charge in [0.2, 0.25) is 0 Å². The first-order chi connectivity index (χ1) is 4.41. The van der Waals surface area contributed by atoms with Crippen LogP contribution in [0.25, 0.3) is 0 Å². The number of nitrogens with zero attached hydrogens (tertiary/aromatic N) is 4. The second-order valence-corrected chi connectivity index (χ2v) is 1.25. The Morgan fingerprint density at radius 1 is 1.33 bits per heavy atom. The van der Waals surface area contributed by atoms with Gasteiger partial charge in [-0.1, -0.05) is 0 Å². The van der Waals surface area contributed by atoms with E-state index >= 15 is 0 Å². The highest BCUT2D eigenvalue weighted by atomic mass is 79.9. The average Bonchev–Trinajstić information content (AvgIpc) is 1.93. The lowest BCUT2D eigenvalue weighted by molar-refractivity contribution is 0.865. The molecule has 5 heteroatoms. The molecule has 0 spiro atoms. The van der Waals surface area contributed by atoms with E-state index in [2.05, 4.69) is 31.3 Å². The smallest absolute Gasteiger partial charge is 0.142 e. The summed E-state index contributed by atoms with van der Waals surface area (Å²) in [6, 6.07) is 1.72. The Labute approximate surface area is 60.7 Å². The molecule has 0 fully saturated rings. The molecule has 0 aromatic carbocycles. The molecule has 0 aliphatic heterocycles. The number of nitriles is 1. The quantitative estimate of drug-likeness (QED) is 0.600. The monoisotopic (exact) mass is 186 g/mol. The van der Waals surface area contributed by atoms with Crippen molar-refractivity contribution in [1.82, 2.24) is 15.4 Å². The van der Waals surface area contributed by atoms with E-state index in [1.807, 2.05) is 0 Å². The van der Waals surface area contributed by atoms with Crippen LogP contribution in [0.3, 0.4) is 0 Å². The first kappa shape index (κ1) is 7.98. The summed E-state index contributed by atoms with van der Waals surface area (Å²) in [4.78, 5) is 1.56. The van der Waals surface area contributed by atoms with Crippen molar-refractivity contribution in [3.63, 3.8) is 0 Å². The molecule has 0 radical (unpaired) electrons. The minimum atomic E-state index is 1.56. The first-order valence-electron chi connectivity index (χ1n) is 2.00. The van der Waals surface area contributed by atoms with Gasteiger partial charge in [0.05, 0.1) is 12.4 Å². The van der Waals surface area contributed by atoms with Crippen molar-refractivity contribution >= 4 is 15.9 Å². The van der Waals surface area contributed by atoms with E-state index in [0.717, 1.165) is 0 Å². The highest BCUT2D eigenvalue weighted by Gasteiger charge is 1.60. The predicted octanol–water partition coefficient (Wildman–Crippen LogP) is 0.734. The maximum Gasteiger partial charge on any atom is 0.142 e. The molecule has 0 bridgehead atoms. The Balaban J connectivity index is 0.000000187. The summed E-state index contributed by atoms with van der Waals surface area (Å²) >= 11 is 2.45. The van der Waals surface area contributed by atoms with Crippen molar-refractivity contribution in [2.75, 3.05) is 0 Å². The van der Waals surface area contributed by atoms with Gasteiger partial charge in [0, 0.05) is 15.9 Å². The highest BCUT2D eigenvalue weighted by molar-refractivity contribution is 9.12. The van der Waals surface area contributed by atoms with Gasteiger partial charge in [-0.15, -0.1) is 10.2 Å². The van der Waals surface area contributed by atoms with Gasteiger partial charge >= 0.3 is 0 Å². The Morgan fingerprint density at radius 2 is 1.78 bits per heavy atom. The molecule has 0 atom stereocenters. The maximum absolute atomic E-state index is 7.24. The van der Waals surface area contributed by atoms with Gasteiger partial charge in [-0.25, -0.2) is 0 Å². The summed E-state index contributed by atoms with van der Waals surface area (Å²) in [5, 5.41) is 17.4. The van der Waals surface area contributed by atoms with Crippen molar-refractivity contribution in [2.45, 2.75) is 0 Å². The summed E-state index contributed by atoms with van der Waals surface area (Å²) in [6.07, 6.45) is 3.15. The Bertz CT molecular complexity index is 143. The van der Waals surface area contributed by atoms with Crippen LogP contribution < -0.4 is 0 Å². The molecule has 0 unspecified atom stereocenters. The molecular weight excluding hydrogens is 184 g/mol. The van der Waals surface area contributed by atoms with E-state index in [1.54, 1.807) is 23.4 Å². The first-order valence-corrected chi connectivity index (χ1v) is 2.79. The van der Waals surface area contributed by atoms with Crippen LogP contribution >= 0.6 is 15.9 Å². The lowest BCUT2D eigenvalue weighted by Gasteiger charge is -1.68. The summed E-state index contributed by atoms with van der Waals surface area (Å²) in [7, 11) is 0. The Morgan fingerprint density at radius 3 is 1.89 bits per heavy atom. The third-order valence-electron chi connectivity index (χ3n) is 0.409. The molecule has 1 heterocycles. The SMILES string of the molecule is N#CBr.c1cnnnc1. The molecule has 0 saturated carbocycles. The maximum atomic E-state index is 7.24. The van der Waals surface area contributed by atoms with Crippen molar-refractivity contribution in [1.29, 1.82) is 5.26 Å². The molecular formula is C4H3BrN4. The summed E-state index contributed by atoms with van der Waals surface area (Å²) in [5.41, 5.74) is 0. The molecule has 0 saturated heterocycles. The topological polar surface area (TPSA) is 62.5 Å². The average molecular weight is 187 g/mol.